The molecule has 0 atom stereocenters. The number of carbonyl (C=O) groups excluding carboxylic acids is 2. The van der Waals surface area contributed by atoms with Gasteiger partial charge >= 0.3 is 0 Å². The van der Waals surface area contributed by atoms with Crippen molar-refractivity contribution in [2.24, 2.45) is 0 Å². The minimum Gasteiger partial charge on any atom is -0.358 e. The number of hydrogen-bond acceptors (Lipinski definition) is 5. The largest absolute Gasteiger partial charge is 0.358 e. The fourth-order valence-corrected chi connectivity index (χ4v) is 1.50. The van der Waals surface area contributed by atoms with Crippen LogP contribution in [0.15, 0.2) is 12.3 Å². The van der Waals surface area contributed by atoms with Crippen LogP contribution in [0.4, 0.5) is 5.69 Å². The zero-order valence-corrected chi connectivity index (χ0v) is 10.8. The van der Waals surface area contributed by atoms with E-state index in [1.165, 1.54) is 19.3 Å². The summed E-state index contributed by atoms with van der Waals surface area (Å²) in [6.45, 7) is 2.50. The highest BCUT2D eigenvalue weighted by molar-refractivity contribution is 5.96. The molecule has 2 N–H and O–H groups in total. The lowest BCUT2D eigenvalue weighted by Gasteiger charge is -2.17. The molecule has 0 aliphatic rings. The Hall–Kier alpha value is -2.22. The number of ketones is 1. The fourth-order valence-electron chi connectivity index (χ4n) is 1.50. The molecule has 0 bridgehead atoms. The van der Waals surface area contributed by atoms with Crippen LogP contribution in [0.25, 0.3) is 0 Å². The predicted octanol–water partition coefficient (Wildman–Crippen LogP) is 0.174. The zero-order chi connectivity index (χ0) is 14.4. The Morgan fingerprint density at radius 2 is 2.16 bits per heavy atom. The average molecular weight is 268 g/mol. The van der Waals surface area contributed by atoms with E-state index in [1.54, 1.807) is 4.90 Å². The molecule has 104 valence electrons. The molecule has 1 aromatic heterocycles. The van der Waals surface area contributed by atoms with Gasteiger partial charge in [-0.25, -0.2) is 0 Å². The topological polar surface area (TPSA) is 108 Å². The first kappa shape index (κ1) is 14.8. The maximum Gasteiger partial charge on any atom is 0.287 e. The third-order valence-electron chi connectivity index (χ3n) is 2.64. The van der Waals surface area contributed by atoms with E-state index < -0.39 is 4.92 Å². The van der Waals surface area contributed by atoms with Gasteiger partial charge in [0, 0.05) is 13.1 Å². The van der Waals surface area contributed by atoms with Gasteiger partial charge < -0.3 is 10.3 Å². The summed E-state index contributed by atoms with van der Waals surface area (Å²) in [6, 6.07) is 1.19. The molecule has 1 heterocycles. The van der Waals surface area contributed by atoms with Crippen molar-refractivity contribution in [2.75, 3.05) is 26.7 Å². The summed E-state index contributed by atoms with van der Waals surface area (Å²) in [5.74, 6) is -0.481. The number of Topliss-reactive ketones (excluding diaryl/α,β-unsaturated/α-hetero) is 1. The van der Waals surface area contributed by atoms with Crippen molar-refractivity contribution in [1.29, 1.82) is 0 Å². The first-order valence-corrected chi connectivity index (χ1v) is 5.76. The Morgan fingerprint density at radius 1 is 1.47 bits per heavy atom. The van der Waals surface area contributed by atoms with Crippen molar-refractivity contribution in [2.45, 2.75) is 6.92 Å². The van der Waals surface area contributed by atoms with Gasteiger partial charge in [0.15, 0.2) is 5.78 Å². The van der Waals surface area contributed by atoms with E-state index in [2.05, 4.69) is 10.3 Å². The number of aromatic nitrogens is 1. The van der Waals surface area contributed by atoms with E-state index in [1.807, 2.05) is 6.92 Å². The molecule has 0 radical (unpaired) electrons. The normalized spacial score (nSPS) is 10.5. The summed E-state index contributed by atoms with van der Waals surface area (Å²) in [5.41, 5.74) is 0.0137. The summed E-state index contributed by atoms with van der Waals surface area (Å²) in [7, 11) is 1.52. The number of rotatable bonds is 7. The van der Waals surface area contributed by atoms with E-state index in [0.29, 0.717) is 6.54 Å². The molecule has 1 amide bonds. The van der Waals surface area contributed by atoms with Gasteiger partial charge in [-0.1, -0.05) is 6.92 Å². The van der Waals surface area contributed by atoms with Crippen molar-refractivity contribution in [3.63, 3.8) is 0 Å². The number of nitrogens with one attached hydrogen (secondary N) is 2. The lowest BCUT2D eigenvalue weighted by molar-refractivity contribution is -0.384. The number of nitro groups is 1. The average Bonchev–Trinajstić information content (AvgIpc) is 2.87. The highest BCUT2D eigenvalue weighted by atomic mass is 16.6. The molecule has 0 spiro atoms. The van der Waals surface area contributed by atoms with Crippen LogP contribution in [-0.4, -0.2) is 53.2 Å². The number of amides is 1. The van der Waals surface area contributed by atoms with E-state index >= 15 is 0 Å². The quantitative estimate of drug-likeness (QED) is 0.416. The van der Waals surface area contributed by atoms with E-state index in [4.69, 9.17) is 0 Å². The van der Waals surface area contributed by atoms with Crippen LogP contribution < -0.4 is 5.32 Å². The maximum absolute atomic E-state index is 11.9. The van der Waals surface area contributed by atoms with Gasteiger partial charge in [-0.2, -0.15) is 0 Å². The number of nitrogens with zero attached hydrogens (tertiary/aromatic N) is 2. The molecule has 0 unspecified atom stereocenters. The van der Waals surface area contributed by atoms with Gasteiger partial charge in [0.25, 0.3) is 5.69 Å². The van der Waals surface area contributed by atoms with Gasteiger partial charge in [-0.3, -0.25) is 24.6 Å². The minimum atomic E-state index is -0.574. The first-order valence-electron chi connectivity index (χ1n) is 5.76. The van der Waals surface area contributed by atoms with Gasteiger partial charge in [0.2, 0.25) is 5.91 Å². The smallest absolute Gasteiger partial charge is 0.287 e. The fraction of sp³-hybridized carbons (Fsp3) is 0.455. The molecule has 8 nitrogen and oxygen atoms in total. The third kappa shape index (κ3) is 4.18. The van der Waals surface area contributed by atoms with Crippen molar-refractivity contribution in [3.05, 3.63) is 28.1 Å². The molecule has 8 heteroatoms. The Labute approximate surface area is 109 Å². The highest BCUT2D eigenvalue weighted by Crippen LogP contribution is 2.12. The summed E-state index contributed by atoms with van der Waals surface area (Å²) in [6.07, 6.45) is 1.17. The SMILES string of the molecule is CCN(CC(=O)NC)CC(=O)c1cc([N+](=O)[O-])c[nH]1. The van der Waals surface area contributed by atoms with E-state index in [-0.39, 0.29) is 36.2 Å². The van der Waals surface area contributed by atoms with Crippen molar-refractivity contribution in [3.8, 4) is 0 Å². The van der Waals surface area contributed by atoms with Crippen molar-refractivity contribution >= 4 is 17.4 Å². The monoisotopic (exact) mass is 268 g/mol. The van der Waals surface area contributed by atoms with Crippen LogP contribution in [0.3, 0.4) is 0 Å². The lowest BCUT2D eigenvalue weighted by atomic mass is 10.2. The summed E-state index contributed by atoms with van der Waals surface area (Å²) in [4.78, 5) is 37.3. The van der Waals surface area contributed by atoms with Gasteiger partial charge in [-0.05, 0) is 6.54 Å². The standard InChI is InChI=1S/C11H16N4O4/c1-3-14(7-11(17)12-2)6-10(16)9-4-8(5-13-9)15(18)19/h4-5,13H,3,6-7H2,1-2H3,(H,12,17). The Balaban J connectivity index is 2.66. The highest BCUT2D eigenvalue weighted by Gasteiger charge is 2.17. The molecule has 0 aliphatic carbocycles. The van der Waals surface area contributed by atoms with Crippen molar-refractivity contribution < 1.29 is 14.5 Å². The molecule has 0 aliphatic heterocycles. The Morgan fingerprint density at radius 3 is 2.63 bits per heavy atom. The van der Waals surface area contributed by atoms with Crippen LogP contribution in [0.5, 0.6) is 0 Å². The summed E-state index contributed by atoms with van der Waals surface area (Å²) in [5, 5.41) is 13.0. The molecular formula is C11H16N4O4. The number of hydrogen-bond donors (Lipinski definition) is 2. The van der Waals surface area contributed by atoms with E-state index in [9.17, 15) is 19.7 Å². The number of carbonyl (C=O) groups is 2. The third-order valence-corrected chi connectivity index (χ3v) is 2.64. The summed E-state index contributed by atoms with van der Waals surface area (Å²) < 4.78 is 0. The Bertz CT molecular complexity index is 483. The van der Waals surface area contributed by atoms with Crippen molar-refractivity contribution in [1.82, 2.24) is 15.2 Å². The zero-order valence-electron chi connectivity index (χ0n) is 10.8. The lowest BCUT2D eigenvalue weighted by Crippen LogP contribution is -2.38. The van der Waals surface area contributed by atoms with Crippen LogP contribution in [0.1, 0.15) is 17.4 Å². The number of aromatic amines is 1. The number of likely N-dealkylation sites (N-methyl/N-ethyl adjacent to an activating group) is 2. The minimum absolute atomic E-state index is 0.0294. The summed E-state index contributed by atoms with van der Waals surface area (Å²) >= 11 is 0. The molecule has 0 saturated heterocycles. The molecule has 0 saturated carbocycles. The van der Waals surface area contributed by atoms with Gasteiger partial charge in [0.1, 0.15) is 0 Å². The molecule has 1 aromatic rings. The molecule has 19 heavy (non-hydrogen) atoms. The van der Waals surface area contributed by atoms with Crippen LogP contribution in [0.2, 0.25) is 0 Å². The second-order valence-corrected chi connectivity index (χ2v) is 3.93. The van der Waals surface area contributed by atoms with Crippen LogP contribution in [0, 0.1) is 10.1 Å². The van der Waals surface area contributed by atoms with Crippen LogP contribution >= 0.6 is 0 Å². The first-order chi connectivity index (χ1) is 8.97. The van der Waals surface area contributed by atoms with Gasteiger partial charge in [-0.15, -0.1) is 0 Å². The second kappa shape index (κ2) is 6.64. The molecule has 0 aromatic carbocycles. The van der Waals surface area contributed by atoms with E-state index in [0.717, 1.165) is 0 Å². The van der Waals surface area contributed by atoms with Gasteiger partial charge in [0.05, 0.1) is 29.9 Å². The number of H-pyrrole nitrogens is 1. The molecule has 0 fully saturated rings. The predicted molar refractivity (Wildman–Crippen MR) is 68.0 cm³/mol. The second-order valence-electron chi connectivity index (χ2n) is 3.93. The van der Waals surface area contributed by atoms with Crippen LogP contribution in [-0.2, 0) is 4.79 Å². The maximum atomic E-state index is 11.9. The molecular weight excluding hydrogens is 252 g/mol. The Kier molecular flexibility index (Phi) is 5.19. The molecule has 1 rings (SSSR count).